The van der Waals surface area contributed by atoms with Gasteiger partial charge in [0.25, 0.3) is 0 Å². The smallest absolute Gasteiger partial charge is 0.241 e. The van der Waals surface area contributed by atoms with E-state index in [1.807, 2.05) is 36.4 Å². The topological polar surface area (TPSA) is 98.5 Å². The van der Waals surface area contributed by atoms with Crippen LogP contribution >= 0.6 is 11.8 Å². The number of rotatable bonds is 10. The molecule has 0 aliphatic carbocycles. The fraction of sp³-hybridized carbons (Fsp3) is 0.208. The van der Waals surface area contributed by atoms with Crippen molar-refractivity contribution in [3.63, 3.8) is 0 Å². The summed E-state index contributed by atoms with van der Waals surface area (Å²) in [5.74, 6) is 1.03. The lowest BCUT2D eigenvalue weighted by Crippen LogP contribution is -2.16. The molecule has 0 radical (unpaired) electrons. The molecule has 3 N–H and O–H groups in total. The van der Waals surface area contributed by atoms with Crippen molar-refractivity contribution in [1.82, 2.24) is 0 Å². The van der Waals surface area contributed by atoms with Gasteiger partial charge in [0, 0.05) is 17.9 Å². The number of primary sulfonamides is 1. The van der Waals surface area contributed by atoms with E-state index < -0.39 is 10.0 Å². The molecule has 0 fully saturated rings. The maximum absolute atomic E-state index is 12.9. The fourth-order valence-corrected chi connectivity index (χ4v) is 4.46. The number of ether oxygens (including phenoxy) is 1. The monoisotopic (exact) mass is 470 g/mol. The molecule has 0 aliphatic rings. The zero-order valence-electron chi connectivity index (χ0n) is 17.8. The quantitative estimate of drug-likeness (QED) is 0.384. The third kappa shape index (κ3) is 6.59. The number of hydrogen-bond donors (Lipinski definition) is 2. The minimum absolute atomic E-state index is 0.0828. The molecule has 0 saturated carbocycles. The first kappa shape index (κ1) is 23.8. The molecule has 0 atom stereocenters. The number of sulfonamides is 1. The van der Waals surface area contributed by atoms with Gasteiger partial charge in [-0.1, -0.05) is 73.6 Å². The van der Waals surface area contributed by atoms with E-state index in [0.29, 0.717) is 23.7 Å². The molecule has 8 heteroatoms. The van der Waals surface area contributed by atoms with Crippen LogP contribution in [0.15, 0.2) is 77.7 Å². The number of nitrogens with two attached hydrogens (primary N) is 1. The van der Waals surface area contributed by atoms with Gasteiger partial charge < -0.3 is 10.1 Å². The highest BCUT2D eigenvalue weighted by molar-refractivity contribution is 8.13. The largest absolute Gasteiger partial charge is 0.454 e. The molecule has 32 heavy (non-hydrogen) atoms. The molecule has 0 saturated heterocycles. The van der Waals surface area contributed by atoms with E-state index in [0.717, 1.165) is 30.2 Å². The Morgan fingerprint density at radius 1 is 1.03 bits per heavy atom. The summed E-state index contributed by atoms with van der Waals surface area (Å²) in [6.07, 6.45) is 1.83. The predicted octanol–water partition coefficient (Wildman–Crippen LogP) is 5.41. The van der Waals surface area contributed by atoms with E-state index in [-0.39, 0.29) is 21.3 Å². The minimum Gasteiger partial charge on any atom is -0.454 e. The van der Waals surface area contributed by atoms with Gasteiger partial charge in [0.2, 0.25) is 15.1 Å². The van der Waals surface area contributed by atoms with Crippen molar-refractivity contribution in [1.29, 1.82) is 0 Å². The van der Waals surface area contributed by atoms with Crippen molar-refractivity contribution >= 4 is 32.6 Å². The van der Waals surface area contributed by atoms with Gasteiger partial charge in [-0.2, -0.15) is 0 Å². The molecular formula is C24H26N2O4S2. The number of hydrogen-bond acceptors (Lipinski definition) is 6. The van der Waals surface area contributed by atoms with Crippen molar-refractivity contribution in [2.75, 3.05) is 11.9 Å². The predicted molar refractivity (Wildman–Crippen MR) is 130 cm³/mol. The first-order chi connectivity index (χ1) is 15.4. The molecule has 0 aromatic heterocycles. The summed E-state index contributed by atoms with van der Waals surface area (Å²) >= 11 is 1.11. The van der Waals surface area contributed by atoms with E-state index in [2.05, 4.69) is 12.2 Å². The summed E-state index contributed by atoms with van der Waals surface area (Å²) < 4.78 is 30.8. The van der Waals surface area contributed by atoms with Crippen LogP contribution in [-0.2, 0) is 15.8 Å². The van der Waals surface area contributed by atoms with Crippen LogP contribution in [0.1, 0.15) is 35.7 Å². The highest BCUT2D eigenvalue weighted by Crippen LogP contribution is 2.38. The molecular weight excluding hydrogens is 444 g/mol. The molecule has 3 rings (SSSR count). The van der Waals surface area contributed by atoms with Crippen LogP contribution in [0.25, 0.3) is 0 Å². The first-order valence-corrected chi connectivity index (χ1v) is 12.8. The summed E-state index contributed by atoms with van der Waals surface area (Å²) in [5, 5.41) is 8.48. The zero-order chi connectivity index (χ0) is 23.0. The third-order valence-corrected chi connectivity index (χ3v) is 6.51. The number of carbonyl (C=O) groups is 1. The summed E-state index contributed by atoms with van der Waals surface area (Å²) in [6.45, 7) is 2.65. The molecule has 6 nitrogen and oxygen atoms in total. The van der Waals surface area contributed by atoms with Crippen molar-refractivity contribution < 1.29 is 17.9 Å². The number of thioether (sulfide) groups is 1. The summed E-state index contributed by atoms with van der Waals surface area (Å²) in [6, 6.07) is 21.4. The van der Waals surface area contributed by atoms with E-state index in [9.17, 15) is 13.2 Å². The maximum Gasteiger partial charge on any atom is 0.241 e. The van der Waals surface area contributed by atoms with Gasteiger partial charge in [0.1, 0.15) is 10.6 Å². The number of carbonyl (C=O) groups excluding carboxylic acids is 1. The molecule has 0 aliphatic heterocycles. The van der Waals surface area contributed by atoms with E-state index in [1.54, 1.807) is 30.3 Å². The highest BCUT2D eigenvalue weighted by Gasteiger charge is 2.24. The second-order valence-electron chi connectivity index (χ2n) is 7.15. The Hall–Kier alpha value is -2.81. The van der Waals surface area contributed by atoms with Crippen molar-refractivity contribution in [3.05, 3.63) is 83.9 Å². The van der Waals surface area contributed by atoms with E-state index in [4.69, 9.17) is 9.88 Å². The maximum atomic E-state index is 12.9. The van der Waals surface area contributed by atoms with E-state index in [1.165, 1.54) is 6.07 Å². The zero-order valence-corrected chi connectivity index (χ0v) is 19.4. The lowest BCUT2D eigenvalue weighted by Gasteiger charge is -2.17. The van der Waals surface area contributed by atoms with Gasteiger partial charge in [0.05, 0.1) is 5.69 Å². The highest BCUT2D eigenvalue weighted by atomic mass is 32.2. The van der Waals surface area contributed by atoms with Gasteiger partial charge in [-0.05, 0) is 36.2 Å². The lowest BCUT2D eigenvalue weighted by molar-refractivity contribution is 0.108. The van der Waals surface area contributed by atoms with Gasteiger partial charge in [0.15, 0.2) is 5.75 Å². The normalized spacial score (nSPS) is 11.2. The number of benzene rings is 3. The van der Waals surface area contributed by atoms with Gasteiger partial charge in [-0.25, -0.2) is 13.6 Å². The molecule has 168 valence electrons. The number of unbranched alkanes of at least 4 members (excludes halogenated alkanes) is 1. The van der Waals surface area contributed by atoms with Gasteiger partial charge in [-0.3, -0.25) is 4.79 Å². The Balaban J connectivity index is 1.98. The van der Waals surface area contributed by atoms with Crippen molar-refractivity contribution in [3.8, 4) is 11.5 Å². The summed E-state index contributed by atoms with van der Waals surface area (Å²) in [7, 11) is -4.16. The van der Waals surface area contributed by atoms with Crippen LogP contribution < -0.4 is 15.2 Å². The Bertz CT molecular complexity index is 1150. The fourth-order valence-electron chi connectivity index (χ4n) is 2.98. The second-order valence-corrected chi connectivity index (χ2v) is 9.63. The number of nitrogens with one attached hydrogen (secondary N) is 1. The molecule has 3 aromatic rings. The van der Waals surface area contributed by atoms with Crippen LogP contribution in [0.5, 0.6) is 11.5 Å². The Morgan fingerprint density at radius 3 is 2.31 bits per heavy atom. The summed E-state index contributed by atoms with van der Waals surface area (Å²) in [5.41, 5.74) is 1.66. The van der Waals surface area contributed by atoms with E-state index >= 15 is 0 Å². The number of anilines is 1. The van der Waals surface area contributed by atoms with Crippen LogP contribution in [0.2, 0.25) is 0 Å². The number of para-hydroxylation sites is 1. The third-order valence-electron chi connectivity index (χ3n) is 4.62. The van der Waals surface area contributed by atoms with Crippen LogP contribution in [0, 0.1) is 0 Å². The lowest BCUT2D eigenvalue weighted by atomic mass is 10.2. The molecule has 3 aromatic carbocycles. The first-order valence-electron chi connectivity index (χ1n) is 10.3. The van der Waals surface area contributed by atoms with Crippen molar-refractivity contribution in [2.45, 2.75) is 30.4 Å². The Kier molecular flexibility index (Phi) is 8.33. The SMILES string of the molecule is CCCCNc1cc(C(=O)SCc2ccccc2)cc(S(N)(=O)=O)c1Oc1ccccc1. The van der Waals surface area contributed by atoms with Crippen molar-refractivity contribution in [2.24, 2.45) is 5.14 Å². The molecule has 0 heterocycles. The minimum atomic E-state index is -4.16. The Morgan fingerprint density at radius 2 is 1.69 bits per heavy atom. The molecule has 0 spiro atoms. The van der Waals surface area contributed by atoms with Gasteiger partial charge in [-0.15, -0.1) is 0 Å². The molecule has 0 amide bonds. The second kappa shape index (κ2) is 11.2. The standard InChI is InChI=1S/C24H26N2O4S2/c1-2-3-14-26-21-15-19(24(27)31-17-18-10-6-4-7-11-18)16-22(32(25,28)29)23(21)30-20-12-8-5-9-13-20/h4-13,15-16,26H,2-3,14,17H2,1H3,(H2,25,28,29). The average Bonchev–Trinajstić information content (AvgIpc) is 2.79. The summed E-state index contributed by atoms with van der Waals surface area (Å²) in [4.78, 5) is 12.7. The average molecular weight is 471 g/mol. The molecule has 0 unspecified atom stereocenters. The Labute approximate surface area is 193 Å². The van der Waals surface area contributed by atoms with Crippen LogP contribution in [0.4, 0.5) is 5.69 Å². The van der Waals surface area contributed by atoms with Gasteiger partial charge >= 0.3 is 0 Å². The van der Waals surface area contributed by atoms with Crippen LogP contribution in [0.3, 0.4) is 0 Å². The molecule has 0 bridgehead atoms. The van der Waals surface area contributed by atoms with Crippen LogP contribution in [-0.4, -0.2) is 20.1 Å².